The lowest BCUT2D eigenvalue weighted by atomic mass is 9.80. The van der Waals surface area contributed by atoms with Crippen molar-refractivity contribution in [2.24, 2.45) is 47.0 Å². The van der Waals surface area contributed by atoms with Crippen molar-refractivity contribution in [2.75, 3.05) is 13.2 Å². The fourth-order valence-electron chi connectivity index (χ4n) is 4.20. The Hall–Kier alpha value is -1.14. The largest absolute Gasteiger partial charge is 0.456 e. The number of carbonyl (C=O) groups is 2. The molecule has 0 heterocycles. The van der Waals surface area contributed by atoms with Crippen LogP contribution in [0.4, 0.5) is 0 Å². The standard InChI is InChI=1S/C20H40N2O4/c1-11(2)17(12(3)4)15(21)9-25-19(23)20(24)26-10-16(22)18(13(5)6)14(7)8/h11-18H,9-10,21-22H2,1-8H3. The first-order chi connectivity index (χ1) is 11.9. The summed E-state index contributed by atoms with van der Waals surface area (Å²) in [7, 11) is 0. The first kappa shape index (κ1) is 24.9. The maximum Gasteiger partial charge on any atom is 0.417 e. The molecule has 0 aliphatic rings. The molecule has 2 atom stereocenters. The molecule has 6 heteroatoms. The Morgan fingerprint density at radius 1 is 0.615 bits per heavy atom. The number of rotatable bonds is 10. The quantitative estimate of drug-likeness (QED) is 0.451. The highest BCUT2D eigenvalue weighted by Gasteiger charge is 2.29. The van der Waals surface area contributed by atoms with Gasteiger partial charge in [-0.15, -0.1) is 0 Å². The van der Waals surface area contributed by atoms with Crippen LogP contribution in [0.2, 0.25) is 0 Å². The van der Waals surface area contributed by atoms with Gasteiger partial charge in [-0.2, -0.15) is 0 Å². The molecule has 4 N–H and O–H groups in total. The zero-order valence-corrected chi connectivity index (χ0v) is 17.8. The van der Waals surface area contributed by atoms with Crippen LogP contribution in [0, 0.1) is 35.5 Å². The molecule has 0 saturated heterocycles. The van der Waals surface area contributed by atoms with Gasteiger partial charge in [-0.3, -0.25) is 0 Å². The van der Waals surface area contributed by atoms with Crippen molar-refractivity contribution in [3.05, 3.63) is 0 Å². The Morgan fingerprint density at radius 3 is 1.04 bits per heavy atom. The van der Waals surface area contributed by atoms with Crippen LogP contribution in [0.15, 0.2) is 0 Å². The Kier molecular flexibility index (Phi) is 11.0. The molecule has 0 bridgehead atoms. The number of esters is 2. The zero-order valence-electron chi connectivity index (χ0n) is 17.8. The van der Waals surface area contributed by atoms with Crippen LogP contribution in [0.3, 0.4) is 0 Å². The number of hydrogen-bond donors (Lipinski definition) is 2. The van der Waals surface area contributed by atoms with Gasteiger partial charge in [0.05, 0.1) is 0 Å². The molecule has 154 valence electrons. The van der Waals surface area contributed by atoms with Crippen molar-refractivity contribution in [3.63, 3.8) is 0 Å². The van der Waals surface area contributed by atoms with E-state index in [1.165, 1.54) is 0 Å². The van der Waals surface area contributed by atoms with E-state index < -0.39 is 11.9 Å². The molecule has 0 aliphatic heterocycles. The second-order valence-electron chi connectivity index (χ2n) is 8.66. The predicted octanol–water partition coefficient (Wildman–Crippen LogP) is 2.58. The Balaban J connectivity index is 4.50. The van der Waals surface area contributed by atoms with Crippen molar-refractivity contribution >= 4 is 11.9 Å². The molecule has 0 spiro atoms. The van der Waals surface area contributed by atoms with Gasteiger partial charge in [0.25, 0.3) is 0 Å². The smallest absolute Gasteiger partial charge is 0.417 e. The van der Waals surface area contributed by atoms with Gasteiger partial charge in [-0.1, -0.05) is 55.4 Å². The van der Waals surface area contributed by atoms with Crippen molar-refractivity contribution in [2.45, 2.75) is 67.5 Å². The van der Waals surface area contributed by atoms with E-state index in [4.69, 9.17) is 20.9 Å². The molecule has 0 aliphatic carbocycles. The fourth-order valence-corrected chi connectivity index (χ4v) is 4.20. The van der Waals surface area contributed by atoms with Crippen molar-refractivity contribution in [1.82, 2.24) is 0 Å². The summed E-state index contributed by atoms with van der Waals surface area (Å²) in [6.07, 6.45) is 0. The molecule has 0 aromatic carbocycles. The van der Waals surface area contributed by atoms with Crippen molar-refractivity contribution in [3.8, 4) is 0 Å². The lowest BCUT2D eigenvalue weighted by Gasteiger charge is -2.30. The summed E-state index contributed by atoms with van der Waals surface area (Å²) in [6, 6.07) is -0.638. The van der Waals surface area contributed by atoms with Crippen LogP contribution in [0.1, 0.15) is 55.4 Å². The lowest BCUT2D eigenvalue weighted by molar-refractivity contribution is -0.169. The molecule has 0 saturated carbocycles. The molecule has 26 heavy (non-hydrogen) atoms. The van der Waals surface area contributed by atoms with Crippen LogP contribution in [0.25, 0.3) is 0 Å². The van der Waals surface area contributed by atoms with E-state index in [-0.39, 0.29) is 37.1 Å². The van der Waals surface area contributed by atoms with Gasteiger partial charge in [0, 0.05) is 12.1 Å². The van der Waals surface area contributed by atoms with Crippen molar-refractivity contribution < 1.29 is 19.1 Å². The summed E-state index contributed by atoms with van der Waals surface area (Å²) >= 11 is 0. The van der Waals surface area contributed by atoms with Gasteiger partial charge < -0.3 is 20.9 Å². The van der Waals surface area contributed by atoms with E-state index in [2.05, 4.69) is 55.4 Å². The van der Waals surface area contributed by atoms with E-state index in [9.17, 15) is 9.59 Å². The molecule has 6 nitrogen and oxygen atoms in total. The molecule has 0 radical (unpaired) electrons. The zero-order chi connectivity index (χ0) is 20.6. The summed E-state index contributed by atoms with van der Waals surface area (Å²) in [5.74, 6) is -0.185. The minimum absolute atomic E-state index is 0.00161. The summed E-state index contributed by atoms with van der Waals surface area (Å²) in [5, 5.41) is 0. The third-order valence-corrected chi connectivity index (χ3v) is 5.05. The normalized spacial score (nSPS) is 14.6. The van der Waals surface area contributed by atoms with Gasteiger partial charge >= 0.3 is 11.9 Å². The van der Waals surface area contributed by atoms with Gasteiger partial charge in [-0.05, 0) is 35.5 Å². The van der Waals surface area contributed by atoms with E-state index in [0.717, 1.165) is 0 Å². The minimum Gasteiger partial charge on any atom is -0.456 e. The monoisotopic (exact) mass is 372 g/mol. The summed E-state index contributed by atoms with van der Waals surface area (Å²) < 4.78 is 10.1. The maximum atomic E-state index is 11.9. The van der Waals surface area contributed by atoms with E-state index in [1.54, 1.807) is 0 Å². The van der Waals surface area contributed by atoms with E-state index >= 15 is 0 Å². The second-order valence-corrected chi connectivity index (χ2v) is 8.66. The molecule has 0 aromatic heterocycles. The number of hydrogen-bond acceptors (Lipinski definition) is 6. The molecule has 0 rings (SSSR count). The molecular formula is C20H40N2O4. The maximum absolute atomic E-state index is 11.9. The third kappa shape index (κ3) is 8.04. The molecule has 0 fully saturated rings. The van der Waals surface area contributed by atoms with Crippen LogP contribution >= 0.6 is 0 Å². The average molecular weight is 373 g/mol. The highest BCUT2D eigenvalue weighted by atomic mass is 16.6. The SMILES string of the molecule is CC(C)C(C(C)C)C(N)COC(=O)C(=O)OCC(N)C(C(C)C)C(C)C. The van der Waals surface area contributed by atoms with Gasteiger partial charge in [-0.25, -0.2) is 9.59 Å². The minimum atomic E-state index is -1.01. The Labute approximate surface area is 159 Å². The van der Waals surface area contributed by atoms with Gasteiger partial charge in [0.1, 0.15) is 13.2 Å². The van der Waals surface area contributed by atoms with Crippen LogP contribution in [0.5, 0.6) is 0 Å². The van der Waals surface area contributed by atoms with Gasteiger partial charge in [0.2, 0.25) is 0 Å². The van der Waals surface area contributed by atoms with E-state index in [1.807, 2.05) is 0 Å². The molecule has 2 unspecified atom stereocenters. The number of carbonyl (C=O) groups excluding carboxylic acids is 2. The Morgan fingerprint density at radius 2 is 0.846 bits per heavy atom. The van der Waals surface area contributed by atoms with Crippen LogP contribution < -0.4 is 11.5 Å². The lowest BCUT2D eigenvalue weighted by Crippen LogP contribution is -2.43. The number of nitrogens with two attached hydrogens (primary N) is 2. The van der Waals surface area contributed by atoms with Gasteiger partial charge in [0.15, 0.2) is 0 Å². The highest BCUT2D eigenvalue weighted by molar-refractivity contribution is 6.29. The molecular weight excluding hydrogens is 332 g/mol. The summed E-state index contributed by atoms with van der Waals surface area (Å²) in [4.78, 5) is 23.7. The average Bonchev–Trinajstić information content (AvgIpc) is 2.48. The number of ether oxygens (including phenoxy) is 2. The fraction of sp³-hybridized carbons (Fsp3) is 0.900. The first-order valence-electron chi connectivity index (χ1n) is 9.75. The molecule has 0 aromatic rings. The van der Waals surface area contributed by atoms with Crippen LogP contribution in [-0.4, -0.2) is 37.2 Å². The third-order valence-electron chi connectivity index (χ3n) is 5.05. The predicted molar refractivity (Wildman–Crippen MR) is 104 cm³/mol. The summed E-state index contributed by atoms with van der Waals surface area (Å²) in [6.45, 7) is 16.7. The summed E-state index contributed by atoms with van der Waals surface area (Å²) in [5.41, 5.74) is 12.3. The first-order valence-corrected chi connectivity index (χ1v) is 9.75. The van der Waals surface area contributed by atoms with Crippen molar-refractivity contribution in [1.29, 1.82) is 0 Å². The highest BCUT2D eigenvalue weighted by Crippen LogP contribution is 2.24. The Bertz CT molecular complexity index is 380. The van der Waals surface area contributed by atoms with E-state index in [0.29, 0.717) is 23.7 Å². The topological polar surface area (TPSA) is 105 Å². The molecule has 0 amide bonds. The van der Waals surface area contributed by atoms with Crippen LogP contribution in [-0.2, 0) is 19.1 Å². The second kappa shape index (κ2) is 11.5.